The lowest BCUT2D eigenvalue weighted by Gasteiger charge is -2.28. The molecule has 0 saturated heterocycles. The number of rotatable bonds is 11. The number of thiophene rings is 1. The van der Waals surface area contributed by atoms with Gasteiger partial charge in [-0.15, -0.1) is 11.3 Å². The van der Waals surface area contributed by atoms with Crippen molar-refractivity contribution in [3.63, 3.8) is 0 Å². The van der Waals surface area contributed by atoms with Crippen LogP contribution in [0.5, 0.6) is 5.75 Å². The third-order valence-electron chi connectivity index (χ3n) is 5.03. The topological polar surface area (TPSA) is 81.8 Å². The number of ether oxygens (including phenoxy) is 2. The van der Waals surface area contributed by atoms with Gasteiger partial charge >= 0.3 is 5.97 Å². The van der Waals surface area contributed by atoms with E-state index in [0.717, 1.165) is 27.6 Å². The van der Waals surface area contributed by atoms with E-state index < -0.39 is 11.6 Å². The van der Waals surface area contributed by atoms with Gasteiger partial charge in [-0.2, -0.15) is 0 Å². The highest BCUT2D eigenvalue weighted by Gasteiger charge is 2.37. The molecule has 7 heteroatoms. The molecule has 0 radical (unpaired) electrons. The predicted molar refractivity (Wildman–Crippen MR) is 116 cm³/mol. The number of carbonyl (C=O) groups is 1. The molecule has 1 N–H and O–H groups in total. The molecule has 0 aliphatic rings. The van der Waals surface area contributed by atoms with E-state index in [-0.39, 0.29) is 0 Å². The summed E-state index contributed by atoms with van der Waals surface area (Å²) in [5, 5.41) is 11.6. The van der Waals surface area contributed by atoms with E-state index in [1.165, 1.54) is 0 Å². The number of benzene rings is 1. The highest BCUT2D eigenvalue weighted by Crippen LogP contribution is 2.27. The number of hydrogen-bond acceptors (Lipinski definition) is 6. The van der Waals surface area contributed by atoms with Crippen LogP contribution in [-0.2, 0) is 22.4 Å². The number of oxazole rings is 1. The molecule has 2 heterocycles. The van der Waals surface area contributed by atoms with E-state index in [9.17, 15) is 9.90 Å². The number of aromatic nitrogens is 1. The predicted octanol–water partition coefficient (Wildman–Crippen LogP) is 5.15. The molecule has 1 aromatic carbocycles. The normalized spacial score (nSPS) is 13.2. The fourth-order valence-corrected chi connectivity index (χ4v) is 3.96. The molecule has 0 aliphatic carbocycles. The van der Waals surface area contributed by atoms with Crippen LogP contribution >= 0.6 is 11.3 Å². The fraction of sp³-hybridized carbons (Fsp3) is 0.391. The van der Waals surface area contributed by atoms with E-state index in [4.69, 9.17) is 13.9 Å². The molecule has 160 valence electrons. The minimum absolute atomic E-state index is 0.316. The summed E-state index contributed by atoms with van der Waals surface area (Å²) in [6, 6.07) is 11.4. The van der Waals surface area contributed by atoms with Gasteiger partial charge in [-0.1, -0.05) is 25.1 Å². The Labute approximate surface area is 180 Å². The Morgan fingerprint density at radius 3 is 2.60 bits per heavy atom. The van der Waals surface area contributed by atoms with E-state index in [0.29, 0.717) is 38.4 Å². The zero-order valence-electron chi connectivity index (χ0n) is 17.5. The lowest BCUT2D eigenvalue weighted by Crippen LogP contribution is -2.43. The maximum atomic E-state index is 11.7. The third-order valence-corrected chi connectivity index (χ3v) is 5.88. The smallest absolute Gasteiger partial charge is 0.336 e. The number of carboxylic acids is 1. The Hall–Kier alpha value is -2.64. The van der Waals surface area contributed by atoms with Crippen LogP contribution in [0.3, 0.4) is 0 Å². The van der Waals surface area contributed by atoms with E-state index in [1.54, 1.807) is 11.3 Å². The first kappa shape index (κ1) is 22.1. The van der Waals surface area contributed by atoms with E-state index in [1.807, 2.05) is 62.5 Å². The Kier molecular flexibility index (Phi) is 7.29. The largest absolute Gasteiger partial charge is 0.493 e. The second-order valence-electron chi connectivity index (χ2n) is 7.00. The zero-order chi connectivity index (χ0) is 21.6. The van der Waals surface area contributed by atoms with Gasteiger partial charge < -0.3 is 19.0 Å². The molecule has 2 aromatic heterocycles. The van der Waals surface area contributed by atoms with Crippen molar-refractivity contribution in [2.24, 2.45) is 0 Å². The minimum Gasteiger partial charge on any atom is -0.493 e. The van der Waals surface area contributed by atoms with Crippen LogP contribution in [0, 0.1) is 6.92 Å². The average molecular weight is 430 g/mol. The standard InChI is InChI=1S/C23H27NO5S/c1-4-23(22(25)26,28-5-2)15-17-8-10-18(11-9-17)27-13-12-19-16(3)29-21(24-19)20-7-6-14-30-20/h6-11,14H,4-5,12-13,15H2,1-3H3,(H,25,26)/t23-/m0/s1. The van der Waals surface area contributed by atoms with Crippen LogP contribution in [0.4, 0.5) is 0 Å². The molecule has 0 amide bonds. The second-order valence-corrected chi connectivity index (χ2v) is 7.95. The molecule has 0 aliphatic heterocycles. The van der Waals surface area contributed by atoms with Crippen molar-refractivity contribution in [1.82, 2.24) is 4.98 Å². The molecule has 0 fully saturated rings. The molecule has 0 unspecified atom stereocenters. The van der Waals surface area contributed by atoms with Gasteiger partial charge in [-0.05, 0) is 49.4 Å². The van der Waals surface area contributed by atoms with Gasteiger partial charge in [0.2, 0.25) is 5.89 Å². The number of aliphatic carboxylic acids is 1. The molecule has 3 aromatic rings. The molecule has 6 nitrogen and oxygen atoms in total. The molecular weight excluding hydrogens is 402 g/mol. The van der Waals surface area contributed by atoms with Gasteiger partial charge in [0.15, 0.2) is 5.60 Å². The lowest BCUT2D eigenvalue weighted by molar-refractivity contribution is -0.166. The Bertz CT molecular complexity index is 949. The van der Waals surface area contributed by atoms with Crippen molar-refractivity contribution in [2.45, 2.75) is 45.6 Å². The summed E-state index contributed by atoms with van der Waals surface area (Å²) in [6.45, 7) is 6.39. The second kappa shape index (κ2) is 9.91. The highest BCUT2D eigenvalue weighted by molar-refractivity contribution is 7.13. The van der Waals surface area contributed by atoms with Crippen LogP contribution in [0.2, 0.25) is 0 Å². The van der Waals surface area contributed by atoms with Crippen molar-refractivity contribution < 1.29 is 23.8 Å². The van der Waals surface area contributed by atoms with Crippen molar-refractivity contribution in [2.75, 3.05) is 13.2 Å². The van der Waals surface area contributed by atoms with Crippen LogP contribution in [-0.4, -0.2) is 34.9 Å². The maximum absolute atomic E-state index is 11.7. The summed E-state index contributed by atoms with van der Waals surface area (Å²) in [6.07, 6.45) is 1.36. The molecule has 30 heavy (non-hydrogen) atoms. The SMILES string of the molecule is CCO[C@@](CC)(Cc1ccc(OCCc2nc(-c3cccs3)oc2C)cc1)C(=O)O. The summed E-state index contributed by atoms with van der Waals surface area (Å²) >= 11 is 1.60. The summed E-state index contributed by atoms with van der Waals surface area (Å²) in [4.78, 5) is 17.3. The maximum Gasteiger partial charge on any atom is 0.336 e. The van der Waals surface area contributed by atoms with Gasteiger partial charge in [0.1, 0.15) is 11.5 Å². The molecule has 0 spiro atoms. The van der Waals surface area contributed by atoms with Gasteiger partial charge in [-0.3, -0.25) is 0 Å². The Morgan fingerprint density at radius 1 is 1.23 bits per heavy atom. The van der Waals surface area contributed by atoms with Crippen molar-refractivity contribution in [3.8, 4) is 16.5 Å². The molecule has 0 saturated carbocycles. The molecule has 1 atom stereocenters. The highest BCUT2D eigenvalue weighted by atomic mass is 32.1. The summed E-state index contributed by atoms with van der Waals surface area (Å²) in [5.41, 5.74) is 0.593. The zero-order valence-corrected chi connectivity index (χ0v) is 18.3. The lowest BCUT2D eigenvalue weighted by atomic mass is 9.91. The minimum atomic E-state index is -1.19. The van der Waals surface area contributed by atoms with Gasteiger partial charge in [0.25, 0.3) is 0 Å². The van der Waals surface area contributed by atoms with Crippen LogP contribution in [0.25, 0.3) is 10.8 Å². The number of carboxylic acid groups (broad SMARTS) is 1. The van der Waals surface area contributed by atoms with Crippen molar-refractivity contribution >= 4 is 17.3 Å². The summed E-state index contributed by atoms with van der Waals surface area (Å²) in [7, 11) is 0. The number of hydrogen-bond donors (Lipinski definition) is 1. The number of nitrogens with zero attached hydrogens (tertiary/aromatic N) is 1. The number of aryl methyl sites for hydroxylation is 1. The van der Waals surface area contributed by atoms with Crippen LogP contribution in [0.15, 0.2) is 46.2 Å². The molecular formula is C23H27NO5S. The first-order valence-corrected chi connectivity index (χ1v) is 10.9. The van der Waals surface area contributed by atoms with Gasteiger partial charge in [0.05, 0.1) is 17.2 Å². The quantitative estimate of drug-likeness (QED) is 0.454. The first-order valence-electron chi connectivity index (χ1n) is 10.1. The third kappa shape index (κ3) is 5.09. The monoisotopic (exact) mass is 429 g/mol. The first-order chi connectivity index (χ1) is 14.5. The van der Waals surface area contributed by atoms with Crippen molar-refractivity contribution in [1.29, 1.82) is 0 Å². The van der Waals surface area contributed by atoms with Gasteiger partial charge in [0, 0.05) is 19.4 Å². The van der Waals surface area contributed by atoms with Crippen LogP contribution < -0.4 is 4.74 Å². The van der Waals surface area contributed by atoms with Crippen LogP contribution in [0.1, 0.15) is 37.3 Å². The Balaban J connectivity index is 1.57. The van der Waals surface area contributed by atoms with E-state index >= 15 is 0 Å². The molecule has 0 bridgehead atoms. The Morgan fingerprint density at radius 2 is 2.00 bits per heavy atom. The van der Waals surface area contributed by atoms with Gasteiger partial charge in [-0.25, -0.2) is 9.78 Å². The summed E-state index contributed by atoms with van der Waals surface area (Å²) < 4.78 is 17.2. The van der Waals surface area contributed by atoms with E-state index in [2.05, 4.69) is 4.98 Å². The average Bonchev–Trinajstić information content (AvgIpc) is 3.39. The summed E-state index contributed by atoms with van der Waals surface area (Å²) in [5.74, 6) is 1.25. The fourth-order valence-electron chi connectivity index (χ4n) is 3.31. The van der Waals surface area contributed by atoms with Crippen molar-refractivity contribution in [3.05, 3.63) is 58.8 Å². The molecule has 3 rings (SSSR count).